The van der Waals surface area contributed by atoms with Crippen LogP contribution in [-0.2, 0) is 9.53 Å². The molecule has 29 heavy (non-hydrogen) atoms. The van der Waals surface area contributed by atoms with Gasteiger partial charge in [0, 0.05) is 19.4 Å². The van der Waals surface area contributed by atoms with Crippen LogP contribution in [0.2, 0.25) is 5.15 Å². The lowest BCUT2D eigenvalue weighted by molar-refractivity contribution is -0.137. The third kappa shape index (κ3) is 4.26. The number of halogens is 1. The maximum Gasteiger partial charge on any atom is 0.303 e. The molecule has 4 rings (SSSR count). The summed E-state index contributed by atoms with van der Waals surface area (Å²) in [5, 5.41) is 8.90. The molecule has 9 heteroatoms. The van der Waals surface area contributed by atoms with Gasteiger partial charge in [-0.25, -0.2) is 15.0 Å². The predicted octanol–water partition coefficient (Wildman–Crippen LogP) is 4.05. The fraction of sp³-hybridized carbons (Fsp3) is 0.400. The highest BCUT2D eigenvalue weighted by atomic mass is 35.5. The molecule has 1 atom stereocenters. The number of rotatable bonds is 5. The van der Waals surface area contributed by atoms with Gasteiger partial charge in [-0.1, -0.05) is 17.5 Å². The van der Waals surface area contributed by atoms with Gasteiger partial charge in [-0.3, -0.25) is 9.36 Å². The number of carboxylic acid groups (broad SMARTS) is 1. The molecule has 0 amide bonds. The number of hydrogen-bond donors (Lipinski definition) is 1. The van der Waals surface area contributed by atoms with Crippen molar-refractivity contribution in [2.45, 2.75) is 44.8 Å². The van der Waals surface area contributed by atoms with Gasteiger partial charge < -0.3 is 14.3 Å². The summed E-state index contributed by atoms with van der Waals surface area (Å²) >= 11 is 6.39. The molecule has 1 aliphatic heterocycles. The molecule has 0 radical (unpaired) electrons. The lowest BCUT2D eigenvalue weighted by atomic mass is 10.2. The third-order valence-corrected chi connectivity index (χ3v) is 4.84. The molecular weight excluding hydrogens is 396 g/mol. The van der Waals surface area contributed by atoms with Crippen molar-refractivity contribution in [3.05, 3.63) is 29.4 Å². The Morgan fingerprint density at radius 1 is 1.34 bits per heavy atom. The van der Waals surface area contributed by atoms with Crippen molar-refractivity contribution in [3.8, 4) is 23.4 Å². The molecule has 0 saturated carbocycles. The molecule has 8 nitrogen and oxygen atoms in total. The van der Waals surface area contributed by atoms with Gasteiger partial charge in [-0.2, -0.15) is 0 Å². The number of imidazole rings is 1. The molecule has 4 heterocycles. The summed E-state index contributed by atoms with van der Waals surface area (Å²) in [5.74, 6) is 6.38. The first kappa shape index (κ1) is 19.4. The van der Waals surface area contributed by atoms with E-state index in [2.05, 4.69) is 26.8 Å². The minimum atomic E-state index is -0.839. The summed E-state index contributed by atoms with van der Waals surface area (Å²) in [7, 11) is 0. The van der Waals surface area contributed by atoms with Crippen LogP contribution >= 0.6 is 11.6 Å². The van der Waals surface area contributed by atoms with Gasteiger partial charge in [-0.15, -0.1) is 0 Å². The monoisotopic (exact) mass is 414 g/mol. The van der Waals surface area contributed by atoms with E-state index in [4.69, 9.17) is 25.9 Å². The molecule has 3 aromatic rings. The van der Waals surface area contributed by atoms with Crippen LogP contribution in [0.4, 0.5) is 0 Å². The van der Waals surface area contributed by atoms with Crippen molar-refractivity contribution in [1.29, 1.82) is 0 Å². The number of furan rings is 1. The second kappa shape index (κ2) is 8.64. The molecule has 0 aliphatic carbocycles. The van der Waals surface area contributed by atoms with Crippen molar-refractivity contribution in [2.24, 2.45) is 0 Å². The molecule has 1 unspecified atom stereocenters. The van der Waals surface area contributed by atoms with Crippen LogP contribution in [-0.4, -0.2) is 37.2 Å². The maximum absolute atomic E-state index is 10.6. The summed E-state index contributed by atoms with van der Waals surface area (Å²) in [4.78, 5) is 24.0. The Bertz CT molecular complexity index is 1080. The lowest BCUT2D eigenvalue weighted by Gasteiger charge is -2.25. The van der Waals surface area contributed by atoms with Crippen molar-refractivity contribution in [3.63, 3.8) is 0 Å². The van der Waals surface area contributed by atoms with Crippen LogP contribution < -0.4 is 0 Å². The molecular formula is C20H19ClN4O4. The Kier molecular flexibility index (Phi) is 5.79. The van der Waals surface area contributed by atoms with Gasteiger partial charge in [0.1, 0.15) is 11.7 Å². The zero-order chi connectivity index (χ0) is 20.2. The predicted molar refractivity (Wildman–Crippen MR) is 105 cm³/mol. The minimum Gasteiger partial charge on any atom is -0.481 e. The van der Waals surface area contributed by atoms with E-state index in [0.29, 0.717) is 42.2 Å². The van der Waals surface area contributed by atoms with Crippen LogP contribution in [0.1, 0.15) is 50.6 Å². The number of aliphatic carboxylic acids is 1. The van der Waals surface area contributed by atoms with Crippen molar-refractivity contribution in [2.75, 3.05) is 6.61 Å². The van der Waals surface area contributed by atoms with Crippen molar-refractivity contribution >= 4 is 28.7 Å². The number of nitrogens with zero attached hydrogens (tertiary/aromatic N) is 4. The minimum absolute atomic E-state index is 0.0770. The first-order chi connectivity index (χ1) is 14.1. The lowest BCUT2D eigenvalue weighted by Crippen LogP contribution is -2.19. The van der Waals surface area contributed by atoms with Gasteiger partial charge in [0.15, 0.2) is 22.4 Å². The van der Waals surface area contributed by atoms with Crippen molar-refractivity contribution < 1.29 is 19.1 Å². The third-order valence-electron chi connectivity index (χ3n) is 4.57. The van der Waals surface area contributed by atoms with Gasteiger partial charge in [0.2, 0.25) is 5.82 Å². The summed E-state index contributed by atoms with van der Waals surface area (Å²) < 4.78 is 13.4. The Hall–Kier alpha value is -2.89. The number of fused-ring (bicyclic) bond motifs is 1. The van der Waals surface area contributed by atoms with E-state index in [1.54, 1.807) is 12.3 Å². The summed E-state index contributed by atoms with van der Waals surface area (Å²) in [6.45, 7) is 0.664. The van der Waals surface area contributed by atoms with Gasteiger partial charge in [0.25, 0.3) is 0 Å². The quantitative estimate of drug-likeness (QED) is 0.381. The van der Waals surface area contributed by atoms with E-state index in [-0.39, 0.29) is 23.6 Å². The van der Waals surface area contributed by atoms with Crippen LogP contribution in [0, 0.1) is 11.8 Å². The van der Waals surface area contributed by atoms with E-state index >= 15 is 0 Å². The number of hydrogen-bond acceptors (Lipinski definition) is 6. The SMILES string of the molecule is O=C(O)CCCC#Cc1nc(Cl)c2nc(-c3ccco3)n(C3CCCCO3)c2n1. The Labute approximate surface area is 171 Å². The molecule has 1 saturated heterocycles. The van der Waals surface area contributed by atoms with Crippen LogP contribution in [0.3, 0.4) is 0 Å². The summed E-state index contributed by atoms with van der Waals surface area (Å²) in [6, 6.07) is 3.62. The molecule has 0 spiro atoms. The van der Waals surface area contributed by atoms with E-state index in [1.807, 2.05) is 10.6 Å². The van der Waals surface area contributed by atoms with Crippen LogP contribution in [0.15, 0.2) is 22.8 Å². The first-order valence-corrected chi connectivity index (χ1v) is 9.83. The highest BCUT2D eigenvalue weighted by molar-refractivity contribution is 6.33. The van der Waals surface area contributed by atoms with Gasteiger partial charge in [0.05, 0.1) is 6.26 Å². The molecule has 1 fully saturated rings. The normalized spacial score (nSPS) is 16.5. The topological polar surface area (TPSA) is 103 Å². The molecule has 150 valence electrons. The summed E-state index contributed by atoms with van der Waals surface area (Å²) in [5.41, 5.74) is 1.00. The zero-order valence-corrected chi connectivity index (χ0v) is 16.4. The first-order valence-electron chi connectivity index (χ1n) is 9.45. The van der Waals surface area contributed by atoms with Crippen LogP contribution in [0.5, 0.6) is 0 Å². The number of carboxylic acids is 1. The van der Waals surface area contributed by atoms with Crippen LogP contribution in [0.25, 0.3) is 22.7 Å². The number of ether oxygens (including phenoxy) is 1. The van der Waals surface area contributed by atoms with Crippen molar-refractivity contribution in [1.82, 2.24) is 19.5 Å². The van der Waals surface area contributed by atoms with Gasteiger partial charge >= 0.3 is 5.97 Å². The van der Waals surface area contributed by atoms with E-state index in [1.165, 1.54) is 0 Å². The molecule has 0 bridgehead atoms. The molecule has 3 aromatic heterocycles. The maximum atomic E-state index is 10.6. The Balaban J connectivity index is 1.74. The average Bonchev–Trinajstić information content (AvgIpc) is 3.36. The molecule has 1 N–H and O–H groups in total. The number of carbonyl (C=O) groups is 1. The second-order valence-electron chi connectivity index (χ2n) is 6.66. The largest absolute Gasteiger partial charge is 0.481 e. The fourth-order valence-corrected chi connectivity index (χ4v) is 3.45. The summed E-state index contributed by atoms with van der Waals surface area (Å²) in [6.07, 6.45) is 5.23. The second-order valence-corrected chi connectivity index (χ2v) is 7.02. The van der Waals surface area contributed by atoms with E-state index in [0.717, 1.165) is 19.3 Å². The average molecular weight is 415 g/mol. The Morgan fingerprint density at radius 2 is 2.24 bits per heavy atom. The smallest absolute Gasteiger partial charge is 0.303 e. The molecule has 1 aliphatic rings. The standard InChI is InChI=1S/C20H19ClN4O4/c21-18-17-20(23-14(22-18)8-2-1-3-10-16(26)27)25(15-9-4-5-11-29-15)19(24-17)13-7-6-12-28-13/h6-7,12,15H,1,3-5,9-11H2,(H,26,27). The number of unbranched alkanes of at least 4 members (excludes halogenated alkanes) is 1. The highest BCUT2D eigenvalue weighted by Crippen LogP contribution is 2.34. The Morgan fingerprint density at radius 3 is 2.97 bits per heavy atom. The fourth-order valence-electron chi connectivity index (χ4n) is 3.25. The zero-order valence-electron chi connectivity index (χ0n) is 15.6. The van der Waals surface area contributed by atoms with E-state index in [9.17, 15) is 4.79 Å². The molecule has 0 aromatic carbocycles. The highest BCUT2D eigenvalue weighted by Gasteiger charge is 2.26. The van der Waals surface area contributed by atoms with Gasteiger partial charge in [-0.05, 0) is 43.7 Å². The van der Waals surface area contributed by atoms with E-state index < -0.39 is 5.97 Å². The number of aromatic nitrogens is 4.